The molecule has 2 aliphatic rings. The van der Waals surface area contributed by atoms with Gasteiger partial charge in [-0.1, -0.05) is 19.8 Å². The number of benzene rings is 1. The van der Waals surface area contributed by atoms with Crippen molar-refractivity contribution in [2.45, 2.75) is 76.6 Å². The molecule has 2 heterocycles. The average Bonchev–Trinajstić information content (AvgIpc) is 3.67. The molecule has 1 saturated carbocycles. The number of aromatic nitrogens is 4. The maximum Gasteiger partial charge on any atom is 0.247 e. The van der Waals surface area contributed by atoms with Gasteiger partial charge < -0.3 is 24.4 Å². The molecule has 36 heavy (non-hydrogen) atoms. The van der Waals surface area contributed by atoms with Crippen molar-refractivity contribution >= 4 is 11.8 Å². The molecule has 0 bridgehead atoms. The summed E-state index contributed by atoms with van der Waals surface area (Å²) >= 11 is 0. The number of nitrogens with one attached hydrogen (secondary N) is 1. The number of hydrogen-bond acceptors (Lipinski definition) is 8. The molecule has 11 heteroatoms. The molecule has 2 unspecified atom stereocenters. The summed E-state index contributed by atoms with van der Waals surface area (Å²) in [6.45, 7) is 2.85. The zero-order valence-electron chi connectivity index (χ0n) is 21.3. The van der Waals surface area contributed by atoms with Gasteiger partial charge >= 0.3 is 0 Å². The summed E-state index contributed by atoms with van der Waals surface area (Å²) in [5, 5.41) is 15.7. The summed E-state index contributed by atoms with van der Waals surface area (Å²) in [5.41, 5.74) is 0.685. The third-order valence-electron chi connectivity index (χ3n) is 6.88. The van der Waals surface area contributed by atoms with Crippen molar-refractivity contribution in [1.29, 1.82) is 0 Å². The number of amides is 2. The van der Waals surface area contributed by atoms with E-state index >= 15 is 0 Å². The monoisotopic (exact) mass is 500 g/mol. The predicted molar refractivity (Wildman–Crippen MR) is 132 cm³/mol. The summed E-state index contributed by atoms with van der Waals surface area (Å²) in [7, 11) is 3.12. The molecule has 196 valence electrons. The van der Waals surface area contributed by atoms with Crippen LogP contribution in [0.15, 0.2) is 18.2 Å². The molecule has 2 aromatic rings. The van der Waals surface area contributed by atoms with Crippen molar-refractivity contribution in [2.24, 2.45) is 0 Å². The highest BCUT2D eigenvalue weighted by molar-refractivity contribution is 5.87. The predicted octanol–water partition coefficient (Wildman–Crippen LogP) is 2.20. The average molecular weight is 501 g/mol. The van der Waals surface area contributed by atoms with Crippen LogP contribution in [0, 0.1) is 0 Å². The van der Waals surface area contributed by atoms with Crippen LogP contribution in [0.4, 0.5) is 0 Å². The SMILES string of the molecule is CCC(C(=O)NC1CCCC1)N(CC1CCCO1)C(=O)Cn1nnc(-c2ccc(OC)c(OC)c2)n1. The number of rotatable bonds is 11. The van der Waals surface area contributed by atoms with Crippen molar-refractivity contribution in [3.05, 3.63) is 18.2 Å². The molecule has 2 fully saturated rings. The minimum atomic E-state index is -0.573. The van der Waals surface area contributed by atoms with E-state index in [1.165, 1.54) is 4.80 Å². The van der Waals surface area contributed by atoms with Crippen molar-refractivity contribution < 1.29 is 23.8 Å². The second-order valence-corrected chi connectivity index (χ2v) is 9.31. The number of nitrogens with zero attached hydrogens (tertiary/aromatic N) is 5. The van der Waals surface area contributed by atoms with Crippen LogP contribution in [0.2, 0.25) is 0 Å². The Morgan fingerprint density at radius 2 is 1.94 bits per heavy atom. The molecule has 1 aromatic heterocycles. The Morgan fingerprint density at radius 1 is 1.17 bits per heavy atom. The van der Waals surface area contributed by atoms with E-state index in [0.29, 0.717) is 42.5 Å². The minimum Gasteiger partial charge on any atom is -0.493 e. The van der Waals surface area contributed by atoms with E-state index in [1.54, 1.807) is 37.3 Å². The Morgan fingerprint density at radius 3 is 2.61 bits per heavy atom. The quantitative estimate of drug-likeness (QED) is 0.499. The molecule has 11 nitrogen and oxygen atoms in total. The van der Waals surface area contributed by atoms with E-state index < -0.39 is 6.04 Å². The molecular formula is C25H36N6O5. The van der Waals surface area contributed by atoms with E-state index in [2.05, 4.69) is 20.7 Å². The molecule has 1 saturated heterocycles. The number of ether oxygens (including phenoxy) is 3. The number of hydrogen-bond donors (Lipinski definition) is 1. The molecule has 2 amide bonds. The third-order valence-corrected chi connectivity index (χ3v) is 6.88. The first-order valence-corrected chi connectivity index (χ1v) is 12.7. The van der Waals surface area contributed by atoms with Crippen molar-refractivity contribution in [3.63, 3.8) is 0 Å². The number of tetrazole rings is 1. The molecule has 2 atom stereocenters. The smallest absolute Gasteiger partial charge is 0.247 e. The van der Waals surface area contributed by atoms with Crippen LogP contribution in [-0.4, -0.2) is 82.5 Å². The van der Waals surface area contributed by atoms with Crippen LogP contribution in [0.25, 0.3) is 11.4 Å². The van der Waals surface area contributed by atoms with Gasteiger partial charge in [-0.15, -0.1) is 10.2 Å². The van der Waals surface area contributed by atoms with E-state index in [1.807, 2.05) is 6.92 Å². The standard InChI is InChI=1S/C25H36N6O5/c1-4-20(25(33)26-18-8-5-6-9-18)30(15-19-10-7-13-36-19)23(32)16-31-28-24(27-29-31)17-11-12-21(34-2)22(14-17)35-3/h11-12,14,18-20H,4-10,13,15-16H2,1-3H3,(H,26,33). The molecule has 1 aliphatic carbocycles. The summed E-state index contributed by atoms with van der Waals surface area (Å²) in [4.78, 5) is 29.6. The normalized spacial score (nSPS) is 18.7. The first-order valence-electron chi connectivity index (χ1n) is 12.7. The lowest BCUT2D eigenvalue weighted by Gasteiger charge is -2.32. The zero-order chi connectivity index (χ0) is 25.5. The van der Waals surface area contributed by atoms with Gasteiger partial charge in [-0.25, -0.2) is 0 Å². The fourth-order valence-electron chi connectivity index (χ4n) is 4.94. The number of methoxy groups -OCH3 is 2. The van der Waals surface area contributed by atoms with Gasteiger partial charge in [-0.3, -0.25) is 9.59 Å². The van der Waals surface area contributed by atoms with Gasteiger partial charge in [0.15, 0.2) is 11.5 Å². The largest absolute Gasteiger partial charge is 0.493 e. The van der Waals surface area contributed by atoms with Crippen LogP contribution in [0.3, 0.4) is 0 Å². The lowest BCUT2D eigenvalue weighted by molar-refractivity contribution is -0.143. The highest BCUT2D eigenvalue weighted by Gasteiger charge is 2.33. The number of carbonyl (C=O) groups excluding carboxylic acids is 2. The second-order valence-electron chi connectivity index (χ2n) is 9.31. The van der Waals surface area contributed by atoms with Gasteiger partial charge in [0, 0.05) is 24.8 Å². The first kappa shape index (κ1) is 25.9. The van der Waals surface area contributed by atoms with Gasteiger partial charge in [0.25, 0.3) is 0 Å². The van der Waals surface area contributed by atoms with E-state index in [-0.39, 0.29) is 30.5 Å². The summed E-state index contributed by atoms with van der Waals surface area (Å²) in [6.07, 6.45) is 6.49. The Bertz CT molecular complexity index is 1030. The highest BCUT2D eigenvalue weighted by Crippen LogP contribution is 2.30. The molecule has 1 aromatic carbocycles. The van der Waals surface area contributed by atoms with Gasteiger partial charge in [-0.05, 0) is 55.5 Å². The fraction of sp³-hybridized carbons (Fsp3) is 0.640. The van der Waals surface area contributed by atoms with E-state index in [9.17, 15) is 9.59 Å². The summed E-state index contributed by atoms with van der Waals surface area (Å²) in [6, 6.07) is 4.93. The van der Waals surface area contributed by atoms with Crippen LogP contribution in [0.5, 0.6) is 11.5 Å². The molecule has 4 rings (SSSR count). The second kappa shape index (κ2) is 12.2. The highest BCUT2D eigenvalue weighted by atomic mass is 16.5. The Hall–Kier alpha value is -3.21. The van der Waals surface area contributed by atoms with Gasteiger partial charge in [-0.2, -0.15) is 4.80 Å². The lowest BCUT2D eigenvalue weighted by atomic mass is 10.1. The molecule has 1 aliphatic heterocycles. The van der Waals surface area contributed by atoms with Crippen LogP contribution >= 0.6 is 0 Å². The van der Waals surface area contributed by atoms with Crippen molar-refractivity contribution in [2.75, 3.05) is 27.4 Å². The lowest BCUT2D eigenvalue weighted by Crippen LogP contribution is -2.54. The van der Waals surface area contributed by atoms with Crippen LogP contribution in [0.1, 0.15) is 51.9 Å². The van der Waals surface area contributed by atoms with Crippen LogP contribution < -0.4 is 14.8 Å². The molecule has 0 radical (unpaired) electrons. The zero-order valence-corrected chi connectivity index (χ0v) is 21.3. The summed E-state index contributed by atoms with van der Waals surface area (Å²) in [5.74, 6) is 1.16. The van der Waals surface area contributed by atoms with Crippen LogP contribution in [-0.2, 0) is 20.9 Å². The van der Waals surface area contributed by atoms with Gasteiger partial charge in [0.2, 0.25) is 17.6 Å². The van der Waals surface area contributed by atoms with E-state index in [4.69, 9.17) is 14.2 Å². The van der Waals surface area contributed by atoms with Gasteiger partial charge in [0.1, 0.15) is 12.6 Å². The van der Waals surface area contributed by atoms with Crippen molar-refractivity contribution in [1.82, 2.24) is 30.4 Å². The Balaban J connectivity index is 1.49. The first-order chi connectivity index (χ1) is 17.5. The molecule has 0 spiro atoms. The maximum atomic E-state index is 13.5. The minimum absolute atomic E-state index is 0.0756. The Labute approximate surface area is 211 Å². The maximum absolute atomic E-state index is 13.5. The molecule has 1 N–H and O–H groups in total. The summed E-state index contributed by atoms with van der Waals surface area (Å²) < 4.78 is 16.4. The topological polar surface area (TPSA) is 121 Å². The fourth-order valence-corrected chi connectivity index (χ4v) is 4.94. The Kier molecular flexibility index (Phi) is 8.74. The third kappa shape index (κ3) is 6.13. The number of carbonyl (C=O) groups is 2. The van der Waals surface area contributed by atoms with Crippen molar-refractivity contribution in [3.8, 4) is 22.9 Å². The van der Waals surface area contributed by atoms with Gasteiger partial charge in [0.05, 0.1) is 20.3 Å². The molecular weight excluding hydrogens is 464 g/mol. The van der Waals surface area contributed by atoms with E-state index in [0.717, 1.165) is 38.5 Å².